The predicted octanol–water partition coefficient (Wildman–Crippen LogP) is 4.94. The third-order valence-corrected chi connectivity index (χ3v) is 5.80. The van der Waals surface area contributed by atoms with Crippen molar-refractivity contribution in [3.8, 4) is 23.0 Å². The molecule has 6 nitrogen and oxygen atoms in total. The lowest BCUT2D eigenvalue weighted by atomic mass is 10.2. The van der Waals surface area contributed by atoms with Crippen LogP contribution in [0.5, 0.6) is 23.0 Å². The number of ether oxygens (including phenoxy) is 4. The van der Waals surface area contributed by atoms with Crippen molar-refractivity contribution in [2.75, 3.05) is 33.5 Å². The van der Waals surface area contributed by atoms with E-state index in [-0.39, 0.29) is 5.91 Å². The normalized spacial score (nSPS) is 14.6. The molecule has 0 atom stereocenters. The molecular formula is C24H25NO5S2. The molecule has 0 spiro atoms. The molecule has 2 aromatic carbocycles. The van der Waals surface area contributed by atoms with Crippen molar-refractivity contribution in [3.05, 3.63) is 65.6 Å². The first-order valence-electron chi connectivity index (χ1n) is 10.1. The minimum Gasteiger partial charge on any atom is -0.497 e. The van der Waals surface area contributed by atoms with Gasteiger partial charge >= 0.3 is 0 Å². The topological polar surface area (TPSA) is 57.2 Å². The molecule has 1 fully saturated rings. The summed E-state index contributed by atoms with van der Waals surface area (Å²) in [4.78, 5) is 14.6. The van der Waals surface area contributed by atoms with Crippen LogP contribution in [0.25, 0.3) is 6.08 Å². The number of carbonyl (C=O) groups excluding carboxylic acids is 1. The Morgan fingerprint density at radius 2 is 1.75 bits per heavy atom. The van der Waals surface area contributed by atoms with Crippen LogP contribution in [0, 0.1) is 0 Å². The molecule has 0 aromatic heterocycles. The molecule has 0 unspecified atom stereocenters. The summed E-state index contributed by atoms with van der Waals surface area (Å²) < 4.78 is 23.0. The molecule has 0 saturated carbocycles. The van der Waals surface area contributed by atoms with Crippen LogP contribution in [0.3, 0.4) is 0 Å². The number of hydrogen-bond donors (Lipinski definition) is 0. The van der Waals surface area contributed by atoms with Gasteiger partial charge in [-0.05, 0) is 55.0 Å². The smallest absolute Gasteiger partial charge is 0.266 e. The highest BCUT2D eigenvalue weighted by Crippen LogP contribution is 2.34. The van der Waals surface area contributed by atoms with Crippen LogP contribution in [0.1, 0.15) is 12.5 Å². The summed E-state index contributed by atoms with van der Waals surface area (Å²) in [6.45, 7) is 7.20. The van der Waals surface area contributed by atoms with Crippen LogP contribution in [0.15, 0.2) is 60.0 Å². The molecule has 0 N–H and O–H groups in total. The number of carbonyl (C=O) groups is 1. The minimum absolute atomic E-state index is 0.117. The van der Waals surface area contributed by atoms with Crippen molar-refractivity contribution in [3.63, 3.8) is 0 Å². The Bertz CT molecular complexity index is 1000. The summed E-state index contributed by atoms with van der Waals surface area (Å²) in [6, 6.07) is 12.9. The van der Waals surface area contributed by atoms with E-state index in [9.17, 15) is 4.79 Å². The van der Waals surface area contributed by atoms with Crippen molar-refractivity contribution in [1.29, 1.82) is 0 Å². The zero-order valence-electron chi connectivity index (χ0n) is 18.0. The van der Waals surface area contributed by atoms with Crippen molar-refractivity contribution in [2.24, 2.45) is 0 Å². The summed E-state index contributed by atoms with van der Waals surface area (Å²) in [7, 11) is 1.62. The monoisotopic (exact) mass is 471 g/mol. The minimum atomic E-state index is -0.117. The molecule has 3 rings (SSSR count). The quantitative estimate of drug-likeness (QED) is 0.199. The van der Waals surface area contributed by atoms with E-state index in [1.165, 1.54) is 16.7 Å². The van der Waals surface area contributed by atoms with Crippen molar-refractivity contribution < 1.29 is 23.7 Å². The molecule has 32 heavy (non-hydrogen) atoms. The molecule has 1 amide bonds. The number of methoxy groups -OCH3 is 1. The van der Waals surface area contributed by atoms with Gasteiger partial charge in [-0.25, -0.2) is 0 Å². The Hall–Kier alpha value is -2.97. The molecule has 0 aliphatic carbocycles. The SMILES string of the molecule is C=CCN1C(=O)C(=Cc2ccc(OCCOc3ccc(OC)cc3)c(OCC)c2)SC1=S. The van der Waals surface area contributed by atoms with Gasteiger partial charge in [0, 0.05) is 6.54 Å². The summed E-state index contributed by atoms with van der Waals surface area (Å²) in [5, 5.41) is 0. The second-order valence-electron chi connectivity index (χ2n) is 6.59. The van der Waals surface area contributed by atoms with Gasteiger partial charge in [0.25, 0.3) is 5.91 Å². The van der Waals surface area contributed by atoms with Gasteiger partial charge in [-0.1, -0.05) is 36.1 Å². The zero-order valence-corrected chi connectivity index (χ0v) is 19.7. The van der Waals surface area contributed by atoms with Crippen LogP contribution < -0.4 is 18.9 Å². The Labute approximate surface area is 197 Å². The first-order valence-corrected chi connectivity index (χ1v) is 11.3. The van der Waals surface area contributed by atoms with Gasteiger partial charge in [-0.15, -0.1) is 6.58 Å². The molecule has 1 aliphatic heterocycles. The molecule has 8 heteroatoms. The van der Waals surface area contributed by atoms with E-state index in [2.05, 4.69) is 6.58 Å². The lowest BCUT2D eigenvalue weighted by Crippen LogP contribution is -2.27. The largest absolute Gasteiger partial charge is 0.497 e. The summed E-state index contributed by atoms with van der Waals surface area (Å²) in [5.41, 5.74) is 0.828. The van der Waals surface area contributed by atoms with Gasteiger partial charge in [-0.2, -0.15) is 0 Å². The molecule has 1 heterocycles. The lowest BCUT2D eigenvalue weighted by Gasteiger charge is -2.13. The van der Waals surface area contributed by atoms with E-state index in [4.69, 9.17) is 31.2 Å². The summed E-state index contributed by atoms with van der Waals surface area (Å²) >= 11 is 6.57. The fourth-order valence-corrected chi connectivity index (χ4v) is 4.20. The fourth-order valence-electron chi connectivity index (χ4n) is 2.92. The molecule has 0 bridgehead atoms. The molecule has 1 aliphatic rings. The van der Waals surface area contributed by atoms with E-state index in [0.717, 1.165) is 17.1 Å². The number of amides is 1. The third kappa shape index (κ3) is 6.05. The van der Waals surface area contributed by atoms with Gasteiger partial charge in [0.05, 0.1) is 18.6 Å². The van der Waals surface area contributed by atoms with E-state index in [0.29, 0.717) is 47.1 Å². The Morgan fingerprint density at radius 1 is 1.03 bits per heavy atom. The second-order valence-corrected chi connectivity index (χ2v) is 8.27. The van der Waals surface area contributed by atoms with Gasteiger partial charge in [0.15, 0.2) is 11.5 Å². The number of benzene rings is 2. The summed E-state index contributed by atoms with van der Waals surface area (Å²) in [6.07, 6.45) is 3.47. The van der Waals surface area contributed by atoms with Crippen molar-refractivity contribution in [1.82, 2.24) is 4.90 Å². The maximum atomic E-state index is 12.5. The molecule has 1 saturated heterocycles. The number of thiocarbonyl (C=S) groups is 1. The van der Waals surface area contributed by atoms with Gasteiger partial charge in [-0.3, -0.25) is 9.69 Å². The molecular weight excluding hydrogens is 446 g/mol. The Balaban J connectivity index is 1.63. The standard InChI is InChI=1S/C24H25NO5S2/c1-4-12-25-23(26)22(32-24(25)31)16-17-6-11-20(21(15-17)28-5-2)30-14-13-29-19-9-7-18(27-3)8-10-19/h4,6-11,15-16H,1,5,12-14H2,2-3H3. The Morgan fingerprint density at radius 3 is 2.44 bits per heavy atom. The van der Waals surface area contributed by atoms with Gasteiger partial charge in [0.2, 0.25) is 0 Å². The highest BCUT2D eigenvalue weighted by Gasteiger charge is 2.31. The Kier molecular flexibility index (Phi) is 8.58. The number of nitrogens with zero attached hydrogens (tertiary/aromatic N) is 1. The fraction of sp³-hybridized carbons (Fsp3) is 0.250. The zero-order chi connectivity index (χ0) is 22.9. The van der Waals surface area contributed by atoms with Crippen LogP contribution in [-0.4, -0.2) is 48.6 Å². The van der Waals surface area contributed by atoms with E-state index < -0.39 is 0 Å². The van der Waals surface area contributed by atoms with Gasteiger partial charge < -0.3 is 18.9 Å². The number of thioether (sulfide) groups is 1. The van der Waals surface area contributed by atoms with E-state index in [1.807, 2.05) is 55.5 Å². The maximum absolute atomic E-state index is 12.5. The second kappa shape index (κ2) is 11.6. The predicted molar refractivity (Wildman–Crippen MR) is 132 cm³/mol. The summed E-state index contributed by atoms with van der Waals surface area (Å²) in [5.74, 6) is 2.61. The first-order chi connectivity index (χ1) is 15.5. The molecule has 0 radical (unpaired) electrons. The average molecular weight is 472 g/mol. The van der Waals surface area contributed by atoms with E-state index >= 15 is 0 Å². The lowest BCUT2D eigenvalue weighted by molar-refractivity contribution is -0.121. The highest BCUT2D eigenvalue weighted by molar-refractivity contribution is 8.26. The first kappa shape index (κ1) is 23.7. The van der Waals surface area contributed by atoms with Gasteiger partial charge in [0.1, 0.15) is 29.0 Å². The van der Waals surface area contributed by atoms with E-state index in [1.54, 1.807) is 13.2 Å². The van der Waals surface area contributed by atoms with Crippen LogP contribution >= 0.6 is 24.0 Å². The van der Waals surface area contributed by atoms with Crippen LogP contribution in [-0.2, 0) is 4.79 Å². The van der Waals surface area contributed by atoms with Crippen LogP contribution in [0.4, 0.5) is 0 Å². The number of rotatable bonds is 11. The third-order valence-electron chi connectivity index (χ3n) is 4.42. The van der Waals surface area contributed by atoms with Crippen LogP contribution in [0.2, 0.25) is 0 Å². The molecule has 2 aromatic rings. The maximum Gasteiger partial charge on any atom is 0.266 e. The van der Waals surface area contributed by atoms with Crippen molar-refractivity contribution in [2.45, 2.75) is 6.92 Å². The molecule has 168 valence electrons. The van der Waals surface area contributed by atoms with Crippen molar-refractivity contribution >= 4 is 40.3 Å². The number of hydrogen-bond acceptors (Lipinski definition) is 7. The highest BCUT2D eigenvalue weighted by atomic mass is 32.2. The average Bonchev–Trinajstić information content (AvgIpc) is 3.06.